The van der Waals surface area contributed by atoms with Gasteiger partial charge in [-0.2, -0.15) is 35.7 Å². The molecule has 4 aromatic carbocycles. The Morgan fingerprint density at radius 3 is 0.965 bits per heavy atom. The second kappa shape index (κ2) is 44.4. The van der Waals surface area contributed by atoms with Crippen molar-refractivity contribution in [2.75, 3.05) is 47.2 Å². The van der Waals surface area contributed by atoms with Crippen LogP contribution in [0.4, 0.5) is 23.3 Å². The van der Waals surface area contributed by atoms with E-state index in [2.05, 4.69) is 130 Å². The molecule has 4 saturated carbocycles. The summed E-state index contributed by atoms with van der Waals surface area (Å²) in [6, 6.07) is 33.3. The lowest BCUT2D eigenvalue weighted by molar-refractivity contribution is -0.120. The highest BCUT2D eigenvalue weighted by Gasteiger charge is 2.33. The summed E-state index contributed by atoms with van der Waals surface area (Å²) in [5, 5.41) is 60.9. The fourth-order valence-corrected chi connectivity index (χ4v) is 20.6. The van der Waals surface area contributed by atoms with Gasteiger partial charge in [-0.15, -0.1) is 10.2 Å². The van der Waals surface area contributed by atoms with Crippen LogP contribution in [0.2, 0.25) is 0 Å². The lowest BCUT2D eigenvalue weighted by Crippen LogP contribution is -2.39. The number of nitrogens with one attached hydrogen (secondary N) is 7. The van der Waals surface area contributed by atoms with E-state index in [1.54, 1.807) is 59.7 Å². The van der Waals surface area contributed by atoms with Gasteiger partial charge in [0.1, 0.15) is 34.1 Å². The average Bonchev–Trinajstić information content (AvgIpc) is 1.80. The van der Waals surface area contributed by atoms with Crippen molar-refractivity contribution in [2.45, 2.75) is 142 Å². The topological polar surface area (TPSA) is 423 Å². The van der Waals surface area contributed by atoms with Gasteiger partial charge in [-0.05, 0) is 148 Å². The molecule has 38 heteroatoms. The molecule has 728 valence electrons. The van der Waals surface area contributed by atoms with Gasteiger partial charge in [-0.1, -0.05) is 103 Å². The van der Waals surface area contributed by atoms with E-state index in [0.29, 0.717) is 65.9 Å². The number of sulfonamides is 1. The van der Waals surface area contributed by atoms with Crippen molar-refractivity contribution in [3.05, 3.63) is 214 Å². The number of carbonyl (C=O) groups excluding carboxylic acids is 3. The summed E-state index contributed by atoms with van der Waals surface area (Å²) in [7, 11) is 10.0. The molecule has 141 heavy (non-hydrogen) atoms. The number of aromatic nitrogens is 24. The Morgan fingerprint density at radius 2 is 0.667 bits per heavy atom. The molecule has 0 spiro atoms. The summed E-state index contributed by atoms with van der Waals surface area (Å²) in [5.74, 6) is 7.29. The van der Waals surface area contributed by atoms with E-state index in [1.807, 2.05) is 216 Å². The molecule has 16 aromatic rings. The third-order valence-electron chi connectivity index (χ3n) is 26.1. The number of benzene rings is 4. The Labute approximate surface area is 823 Å². The Balaban J connectivity index is 0.000000130. The highest BCUT2D eigenvalue weighted by atomic mass is 32.2. The van der Waals surface area contributed by atoms with Crippen LogP contribution in [0, 0.1) is 30.6 Å². The molecule has 0 radical (unpaired) electrons. The Kier molecular flexibility index (Phi) is 30.7. The van der Waals surface area contributed by atoms with Crippen molar-refractivity contribution >= 4 is 62.2 Å². The predicted molar refractivity (Wildman–Crippen MR) is 548 cm³/mol. The standard InChI is InChI=1S/2C26H30N8O.C26H29N7OS.C25H30N8O2S/c2*1-17(35)31-24-9-5-8-20(24)11-27-26-23(22-13-30-34(3)16-22)14-28-25(32-26)19-7-4-6-18(10-19)21-12-29-33(2)15-21;1-16(34)11-18-7-9-22(10-8-18)29-25-23(26-32-31-17(2)35-26)14-27-24(30-25)20-6-4-5-19(12-20)21-13-28-33(3)15-21;1-32-15-20(12-28-32)17-6-4-7-18(10-17)24-27-14-22(21-13-29-33(2)16-21)25(30-24)26-11-19-8-5-9-23(19)31-36(3,34)35/h2*4,6-7,10,12-16,20,24H,5,8-9,11H2,1-3H3,(H,31,35)(H,27,28,32);4-6,12-15,18,22H,7-11H2,1-3H3,(H,27,29,30);4,6-7,10,12-16,19,23,31H,5,8-9,11H2,1-3H3,(H,26,27,30)/t20-,24+;20-,24-;;/m11../s1. The highest BCUT2D eigenvalue weighted by Crippen LogP contribution is 2.40. The first-order chi connectivity index (χ1) is 68.1. The molecule has 7 N–H and O–H groups in total. The van der Waals surface area contributed by atoms with E-state index in [1.165, 1.54) is 17.6 Å². The molecule has 12 aromatic heterocycles. The zero-order valence-corrected chi connectivity index (χ0v) is 83.0. The lowest BCUT2D eigenvalue weighted by atomic mass is 9.83. The lowest BCUT2D eigenvalue weighted by Gasteiger charge is -2.29. The fraction of sp³-hybridized carbons (Fsp3) is 0.359. The molecule has 12 heterocycles. The summed E-state index contributed by atoms with van der Waals surface area (Å²) in [4.78, 5) is 73.3. The average molecular weight is 1940 g/mol. The van der Waals surface area contributed by atoms with Crippen LogP contribution in [-0.4, -0.2) is 195 Å². The number of anilines is 4. The number of amides is 2. The third-order valence-corrected chi connectivity index (χ3v) is 27.7. The Morgan fingerprint density at radius 1 is 0.362 bits per heavy atom. The molecule has 2 amide bonds. The molecule has 6 atom stereocenters. The molecule has 4 fully saturated rings. The first-order valence-corrected chi connectivity index (χ1v) is 50.4. The van der Waals surface area contributed by atoms with E-state index in [0.717, 1.165) is 230 Å². The minimum Gasteiger partial charge on any atom is -0.369 e. The Hall–Kier alpha value is -15.1. The van der Waals surface area contributed by atoms with Gasteiger partial charge >= 0.3 is 0 Å². The van der Waals surface area contributed by atoms with Crippen LogP contribution in [0.1, 0.15) is 116 Å². The number of hydrogen-bond acceptors (Lipinski definition) is 27. The van der Waals surface area contributed by atoms with E-state index in [-0.39, 0.29) is 41.6 Å². The fourth-order valence-electron chi connectivity index (χ4n) is 19.1. The molecule has 2 unspecified atom stereocenters. The number of ketones is 1. The van der Waals surface area contributed by atoms with Gasteiger partial charge in [0.05, 0.1) is 55.2 Å². The summed E-state index contributed by atoms with van der Waals surface area (Å²) in [6.45, 7) is 8.86. The number of nitrogens with zero attached hydrogens (tertiary/aromatic N) is 24. The van der Waals surface area contributed by atoms with Crippen LogP contribution in [0.15, 0.2) is 209 Å². The van der Waals surface area contributed by atoms with Crippen LogP contribution in [0.5, 0.6) is 0 Å². The molecule has 36 nitrogen and oxygen atoms in total. The van der Waals surface area contributed by atoms with E-state index >= 15 is 0 Å². The van der Waals surface area contributed by atoms with Crippen LogP contribution in [-0.2, 0) is 73.7 Å². The zero-order chi connectivity index (χ0) is 98.4. The first kappa shape index (κ1) is 97.6. The van der Waals surface area contributed by atoms with Crippen molar-refractivity contribution in [1.82, 2.24) is 134 Å². The molecule has 20 rings (SSSR count). The summed E-state index contributed by atoms with van der Waals surface area (Å²) in [6.07, 6.45) is 49.2. The molecular formula is C103H119N31O5S2. The molecule has 0 saturated heterocycles. The van der Waals surface area contributed by atoms with Crippen LogP contribution < -0.4 is 36.6 Å². The van der Waals surface area contributed by atoms with Crippen molar-refractivity contribution in [3.63, 3.8) is 0 Å². The number of aryl methyl sites for hydroxylation is 8. The van der Waals surface area contributed by atoms with Gasteiger partial charge < -0.3 is 36.7 Å². The SMILES string of the molecule is CC(=O)CC1CCC(Nc2nc(-c3cccc(-c4cnn(C)c4)c3)ncc2-c2nnc(C)s2)CC1.CC(=O)N[C@@H]1CCC[C@@H]1CNc1nc(-c2cccc(-c3cnn(C)c3)c2)ncc1-c1cnn(C)c1.CC(=O)N[C@H]1CCC[C@@H]1CNc1nc(-c2cccc(-c3cnn(C)c3)c2)ncc1-c1cnn(C)c1.Cn1cc(-c2cccc(-c3ncc(-c4cnn(C)c4)c(NCC4CCCC4NS(C)(=O)=O)n3)c2)cn1. The van der Waals surface area contributed by atoms with E-state index in [9.17, 15) is 22.8 Å². The summed E-state index contributed by atoms with van der Waals surface area (Å²) >= 11 is 1.54. The predicted octanol–water partition coefficient (Wildman–Crippen LogP) is 15.7. The van der Waals surface area contributed by atoms with Gasteiger partial charge in [0.25, 0.3) is 0 Å². The van der Waals surface area contributed by atoms with Gasteiger partial charge in [-0.25, -0.2) is 53.0 Å². The monoisotopic (exact) mass is 1930 g/mol. The van der Waals surface area contributed by atoms with Crippen molar-refractivity contribution in [2.24, 2.45) is 73.0 Å². The second-order valence-corrected chi connectivity index (χ2v) is 40.1. The Bertz CT molecular complexity index is 6970. The van der Waals surface area contributed by atoms with Gasteiger partial charge in [0.15, 0.2) is 28.3 Å². The van der Waals surface area contributed by atoms with Crippen LogP contribution in [0.3, 0.4) is 0 Å². The zero-order valence-electron chi connectivity index (χ0n) is 81.4. The number of rotatable bonds is 29. The highest BCUT2D eigenvalue weighted by molar-refractivity contribution is 7.88. The van der Waals surface area contributed by atoms with E-state index < -0.39 is 10.0 Å². The van der Waals surface area contributed by atoms with Gasteiger partial charge in [0, 0.05) is 259 Å². The molecule has 0 bridgehead atoms. The van der Waals surface area contributed by atoms with E-state index in [4.69, 9.17) is 34.9 Å². The van der Waals surface area contributed by atoms with Crippen LogP contribution >= 0.6 is 11.3 Å². The van der Waals surface area contributed by atoms with Crippen molar-refractivity contribution in [1.29, 1.82) is 0 Å². The van der Waals surface area contributed by atoms with Crippen molar-refractivity contribution in [3.8, 4) is 134 Å². The minimum absolute atomic E-state index is 0.0239. The number of Topliss-reactive ketones (excluding diaryl/α,β-unsaturated/α-hetero) is 1. The normalized spacial score (nSPS) is 17.7. The second-order valence-electron chi connectivity index (χ2n) is 37.2. The quantitative estimate of drug-likeness (QED) is 0.0229. The van der Waals surface area contributed by atoms with Gasteiger partial charge in [-0.3, -0.25) is 42.4 Å². The number of carbonyl (C=O) groups is 3. The largest absolute Gasteiger partial charge is 0.369 e. The van der Waals surface area contributed by atoms with Gasteiger partial charge in [0.2, 0.25) is 21.8 Å². The smallest absolute Gasteiger partial charge is 0.217 e. The summed E-state index contributed by atoms with van der Waals surface area (Å²) in [5.41, 5.74) is 18.5. The molecule has 4 aliphatic carbocycles. The number of hydrogen-bond donors (Lipinski definition) is 7. The minimum atomic E-state index is -3.26. The third kappa shape index (κ3) is 25.4. The maximum Gasteiger partial charge on any atom is 0.217 e. The maximum atomic E-state index is 11.8. The molecular weight excluding hydrogens is 1820 g/mol. The van der Waals surface area contributed by atoms with Crippen molar-refractivity contribution < 1.29 is 22.8 Å². The summed E-state index contributed by atoms with van der Waals surface area (Å²) < 4.78 is 38.9. The molecule has 0 aliphatic heterocycles. The van der Waals surface area contributed by atoms with Crippen LogP contribution in [0.25, 0.3) is 134 Å². The maximum absolute atomic E-state index is 11.8. The first-order valence-electron chi connectivity index (χ1n) is 47.7. The molecule has 4 aliphatic rings.